The molecule has 1 fully saturated rings. The van der Waals surface area contributed by atoms with Crippen LogP contribution in [0.2, 0.25) is 0 Å². The van der Waals surface area contributed by atoms with Crippen molar-refractivity contribution in [2.75, 3.05) is 13.2 Å². The summed E-state index contributed by atoms with van der Waals surface area (Å²) in [5.41, 5.74) is 3.46. The lowest BCUT2D eigenvalue weighted by molar-refractivity contribution is 0.115. The first kappa shape index (κ1) is 14.5. The van der Waals surface area contributed by atoms with E-state index in [0.29, 0.717) is 6.04 Å². The molecular formula is C17H25N3O. The van der Waals surface area contributed by atoms with Crippen molar-refractivity contribution in [1.82, 2.24) is 14.3 Å². The number of fused-ring (bicyclic) bond motifs is 1. The molecule has 114 valence electrons. The van der Waals surface area contributed by atoms with Crippen molar-refractivity contribution >= 4 is 5.65 Å². The molecule has 4 nitrogen and oxygen atoms in total. The van der Waals surface area contributed by atoms with Gasteiger partial charge < -0.3 is 9.51 Å². The van der Waals surface area contributed by atoms with E-state index in [1.807, 2.05) is 6.20 Å². The summed E-state index contributed by atoms with van der Waals surface area (Å²) in [5, 5.41) is 9.39. The zero-order valence-corrected chi connectivity index (χ0v) is 12.8. The van der Waals surface area contributed by atoms with Crippen LogP contribution in [0.5, 0.6) is 0 Å². The van der Waals surface area contributed by atoms with Gasteiger partial charge in [-0.05, 0) is 31.4 Å². The first-order valence-corrected chi connectivity index (χ1v) is 8.05. The Labute approximate surface area is 126 Å². The smallest absolute Gasteiger partial charge is 0.136 e. The van der Waals surface area contributed by atoms with Crippen LogP contribution >= 0.6 is 0 Å². The van der Waals surface area contributed by atoms with Crippen molar-refractivity contribution in [3.8, 4) is 0 Å². The van der Waals surface area contributed by atoms with Gasteiger partial charge in [0.05, 0.1) is 18.5 Å². The Morgan fingerprint density at radius 3 is 2.86 bits per heavy atom. The van der Waals surface area contributed by atoms with Crippen LogP contribution in [0.15, 0.2) is 24.5 Å². The van der Waals surface area contributed by atoms with Gasteiger partial charge in [-0.2, -0.15) is 0 Å². The maximum Gasteiger partial charge on any atom is 0.136 e. The molecule has 0 saturated heterocycles. The molecule has 1 saturated carbocycles. The number of aliphatic hydroxyl groups excluding tert-OH is 1. The maximum absolute atomic E-state index is 9.39. The number of pyridine rings is 1. The van der Waals surface area contributed by atoms with E-state index in [2.05, 4.69) is 39.5 Å². The van der Waals surface area contributed by atoms with Crippen LogP contribution in [0.25, 0.3) is 5.65 Å². The highest BCUT2D eigenvalue weighted by Crippen LogP contribution is 2.24. The van der Waals surface area contributed by atoms with Crippen molar-refractivity contribution in [2.24, 2.45) is 0 Å². The number of aromatic nitrogens is 2. The SMILES string of the molecule is Cc1ccc2ncc(CN(CCO)C3CCCCC3)n2c1. The van der Waals surface area contributed by atoms with Crippen LogP contribution in [-0.2, 0) is 6.54 Å². The van der Waals surface area contributed by atoms with Gasteiger partial charge in [-0.15, -0.1) is 0 Å². The largest absolute Gasteiger partial charge is 0.395 e. The average Bonchev–Trinajstić information content (AvgIpc) is 2.90. The monoisotopic (exact) mass is 287 g/mol. The second-order valence-corrected chi connectivity index (χ2v) is 6.17. The molecule has 4 heteroatoms. The lowest BCUT2D eigenvalue weighted by Gasteiger charge is -2.33. The molecule has 1 aliphatic carbocycles. The first-order valence-electron chi connectivity index (χ1n) is 8.05. The number of rotatable bonds is 5. The van der Waals surface area contributed by atoms with Gasteiger partial charge in [0.1, 0.15) is 5.65 Å². The molecule has 2 aromatic rings. The Hall–Kier alpha value is -1.39. The molecule has 2 heterocycles. The normalized spacial score (nSPS) is 16.9. The number of nitrogens with zero attached hydrogens (tertiary/aromatic N) is 3. The molecule has 0 amide bonds. The van der Waals surface area contributed by atoms with E-state index in [0.717, 1.165) is 18.7 Å². The zero-order valence-electron chi connectivity index (χ0n) is 12.8. The molecular weight excluding hydrogens is 262 g/mol. The molecule has 0 aromatic carbocycles. The summed E-state index contributed by atoms with van der Waals surface area (Å²) < 4.78 is 2.18. The molecule has 0 bridgehead atoms. The predicted molar refractivity (Wildman–Crippen MR) is 84.3 cm³/mol. The van der Waals surface area contributed by atoms with E-state index in [1.165, 1.54) is 43.4 Å². The number of imidazole rings is 1. The summed E-state index contributed by atoms with van der Waals surface area (Å²) in [7, 11) is 0. The molecule has 21 heavy (non-hydrogen) atoms. The van der Waals surface area contributed by atoms with Gasteiger partial charge in [0.25, 0.3) is 0 Å². The third kappa shape index (κ3) is 3.27. The van der Waals surface area contributed by atoms with Crippen molar-refractivity contribution in [2.45, 2.75) is 51.6 Å². The fourth-order valence-electron chi connectivity index (χ4n) is 3.43. The van der Waals surface area contributed by atoms with Crippen LogP contribution in [-0.4, -0.2) is 38.6 Å². The van der Waals surface area contributed by atoms with E-state index in [4.69, 9.17) is 0 Å². The number of hydrogen-bond acceptors (Lipinski definition) is 3. The molecule has 1 aliphatic rings. The molecule has 0 spiro atoms. The third-order valence-corrected chi connectivity index (χ3v) is 4.57. The summed E-state index contributed by atoms with van der Waals surface area (Å²) in [6.45, 7) is 3.96. The molecule has 0 unspecified atom stereocenters. The lowest BCUT2D eigenvalue weighted by atomic mass is 9.94. The Morgan fingerprint density at radius 2 is 2.10 bits per heavy atom. The quantitative estimate of drug-likeness (QED) is 0.919. The first-order chi connectivity index (χ1) is 10.3. The van der Waals surface area contributed by atoms with E-state index in [9.17, 15) is 5.11 Å². The predicted octanol–water partition coefficient (Wildman–Crippen LogP) is 2.77. The van der Waals surface area contributed by atoms with Gasteiger partial charge in [0, 0.05) is 25.3 Å². The highest BCUT2D eigenvalue weighted by atomic mass is 16.3. The number of hydrogen-bond donors (Lipinski definition) is 1. The highest BCUT2D eigenvalue weighted by Gasteiger charge is 2.21. The standard InChI is InChI=1S/C17H25N3O/c1-14-7-8-17-18-11-16(20(17)12-14)13-19(9-10-21)15-5-3-2-4-6-15/h7-8,11-12,15,21H,2-6,9-10,13H2,1H3. The Morgan fingerprint density at radius 1 is 1.29 bits per heavy atom. The second kappa shape index (κ2) is 6.58. The van der Waals surface area contributed by atoms with Crippen molar-refractivity contribution < 1.29 is 5.11 Å². The topological polar surface area (TPSA) is 40.8 Å². The van der Waals surface area contributed by atoms with Gasteiger partial charge >= 0.3 is 0 Å². The fraction of sp³-hybridized carbons (Fsp3) is 0.588. The van der Waals surface area contributed by atoms with E-state index in [1.54, 1.807) is 0 Å². The second-order valence-electron chi connectivity index (χ2n) is 6.17. The minimum Gasteiger partial charge on any atom is -0.395 e. The van der Waals surface area contributed by atoms with Gasteiger partial charge in [-0.3, -0.25) is 4.90 Å². The van der Waals surface area contributed by atoms with Crippen LogP contribution in [0, 0.1) is 6.92 Å². The number of aliphatic hydroxyl groups is 1. The van der Waals surface area contributed by atoms with E-state index >= 15 is 0 Å². The molecule has 1 N–H and O–H groups in total. The number of aryl methyl sites for hydroxylation is 1. The van der Waals surface area contributed by atoms with Crippen LogP contribution < -0.4 is 0 Å². The fourth-order valence-corrected chi connectivity index (χ4v) is 3.43. The molecule has 0 aliphatic heterocycles. The summed E-state index contributed by atoms with van der Waals surface area (Å²) in [6, 6.07) is 4.77. The minimum atomic E-state index is 0.228. The van der Waals surface area contributed by atoms with Crippen LogP contribution in [0.4, 0.5) is 0 Å². The van der Waals surface area contributed by atoms with E-state index < -0.39 is 0 Å². The van der Waals surface area contributed by atoms with Gasteiger partial charge in [-0.25, -0.2) is 4.98 Å². The Bertz CT molecular complexity index is 587. The minimum absolute atomic E-state index is 0.228. The molecule has 0 radical (unpaired) electrons. The van der Waals surface area contributed by atoms with Gasteiger partial charge in [0.15, 0.2) is 0 Å². The zero-order chi connectivity index (χ0) is 14.7. The molecule has 3 rings (SSSR count). The summed E-state index contributed by atoms with van der Waals surface area (Å²) >= 11 is 0. The van der Waals surface area contributed by atoms with Gasteiger partial charge in [0.2, 0.25) is 0 Å². The average molecular weight is 287 g/mol. The Kier molecular flexibility index (Phi) is 4.56. The van der Waals surface area contributed by atoms with Crippen LogP contribution in [0.1, 0.15) is 43.4 Å². The lowest BCUT2D eigenvalue weighted by Crippen LogP contribution is -2.38. The maximum atomic E-state index is 9.39. The van der Waals surface area contributed by atoms with Gasteiger partial charge in [-0.1, -0.05) is 25.3 Å². The van der Waals surface area contributed by atoms with Crippen LogP contribution in [0.3, 0.4) is 0 Å². The summed E-state index contributed by atoms with van der Waals surface area (Å²) in [4.78, 5) is 6.93. The summed E-state index contributed by atoms with van der Waals surface area (Å²) in [5.74, 6) is 0. The third-order valence-electron chi connectivity index (χ3n) is 4.57. The van der Waals surface area contributed by atoms with Crippen molar-refractivity contribution in [3.63, 3.8) is 0 Å². The molecule has 2 aromatic heterocycles. The molecule has 0 atom stereocenters. The van der Waals surface area contributed by atoms with E-state index in [-0.39, 0.29) is 6.61 Å². The summed E-state index contributed by atoms with van der Waals surface area (Å²) in [6.07, 6.45) is 10.6. The Balaban J connectivity index is 1.81. The highest BCUT2D eigenvalue weighted by molar-refractivity contribution is 5.41. The van der Waals surface area contributed by atoms with Crippen molar-refractivity contribution in [1.29, 1.82) is 0 Å². The van der Waals surface area contributed by atoms with Crippen molar-refractivity contribution in [3.05, 3.63) is 35.8 Å².